The summed E-state index contributed by atoms with van der Waals surface area (Å²) in [7, 11) is -4.22. The third-order valence-electron chi connectivity index (χ3n) is 3.47. The summed E-state index contributed by atoms with van der Waals surface area (Å²) in [6, 6.07) is 0. The monoisotopic (exact) mass is 329 g/mol. The van der Waals surface area contributed by atoms with E-state index in [2.05, 4.69) is 15.0 Å². The molecular formula is C11H16N5O5P. The molecule has 1 atom stereocenters. The minimum atomic E-state index is -4.22. The smallest absolute Gasteiger partial charge is 0.350 e. The minimum Gasteiger partial charge on any atom is -0.369 e. The van der Waals surface area contributed by atoms with Gasteiger partial charge in [-0.2, -0.15) is 4.98 Å². The summed E-state index contributed by atoms with van der Waals surface area (Å²) in [5.41, 5.74) is 5.59. The second-order valence-corrected chi connectivity index (χ2v) is 6.94. The number of nitrogens with two attached hydrogens (primary N) is 1. The second kappa shape index (κ2) is 5.47. The summed E-state index contributed by atoms with van der Waals surface area (Å²) < 4.78 is 17.9. The SMILES string of the molecule is Nc1nc2c(ncn2C[C@@H](OCP(=O)(O)O)C2CC2)c(=O)[nH]1. The number of fused-ring (bicyclic) bond motifs is 1. The third-order valence-corrected chi connectivity index (χ3v) is 3.96. The molecule has 5 N–H and O–H groups in total. The highest BCUT2D eigenvalue weighted by Crippen LogP contribution is 2.40. The van der Waals surface area contributed by atoms with Crippen LogP contribution in [0.2, 0.25) is 0 Å². The van der Waals surface area contributed by atoms with Crippen molar-refractivity contribution in [1.29, 1.82) is 0 Å². The molecule has 0 bridgehead atoms. The summed E-state index contributed by atoms with van der Waals surface area (Å²) in [6.07, 6.45) is 2.33. The first-order valence-electron chi connectivity index (χ1n) is 6.70. The first-order chi connectivity index (χ1) is 10.3. The Balaban J connectivity index is 1.84. The topological polar surface area (TPSA) is 156 Å². The van der Waals surface area contributed by atoms with Crippen LogP contribution in [0.5, 0.6) is 0 Å². The fraction of sp³-hybridized carbons (Fsp3) is 0.545. The number of imidazole rings is 1. The van der Waals surface area contributed by atoms with Crippen molar-refractivity contribution in [3.05, 3.63) is 16.7 Å². The van der Waals surface area contributed by atoms with E-state index in [0.29, 0.717) is 12.2 Å². The minimum absolute atomic E-state index is 0.0154. The molecule has 2 heterocycles. The van der Waals surface area contributed by atoms with E-state index in [0.717, 1.165) is 12.8 Å². The van der Waals surface area contributed by atoms with Crippen molar-refractivity contribution in [1.82, 2.24) is 19.5 Å². The molecule has 1 fully saturated rings. The highest BCUT2D eigenvalue weighted by Gasteiger charge is 2.34. The molecule has 0 amide bonds. The van der Waals surface area contributed by atoms with Crippen molar-refractivity contribution in [2.75, 3.05) is 12.1 Å². The van der Waals surface area contributed by atoms with Gasteiger partial charge in [-0.25, -0.2) is 4.98 Å². The van der Waals surface area contributed by atoms with Gasteiger partial charge < -0.3 is 24.8 Å². The Labute approximate surface area is 124 Å². The Morgan fingerprint density at radius 3 is 2.91 bits per heavy atom. The molecule has 2 aromatic rings. The lowest BCUT2D eigenvalue weighted by molar-refractivity contribution is 0.0472. The molecule has 0 spiro atoms. The number of aromatic amines is 1. The molecule has 120 valence electrons. The highest BCUT2D eigenvalue weighted by molar-refractivity contribution is 7.51. The lowest BCUT2D eigenvalue weighted by atomic mass is 10.2. The van der Waals surface area contributed by atoms with Gasteiger partial charge in [0.2, 0.25) is 5.95 Å². The van der Waals surface area contributed by atoms with Crippen LogP contribution < -0.4 is 11.3 Å². The van der Waals surface area contributed by atoms with Gasteiger partial charge in [0.25, 0.3) is 5.56 Å². The Kier molecular flexibility index (Phi) is 3.77. The predicted molar refractivity (Wildman–Crippen MR) is 77.1 cm³/mol. The number of hydrogen-bond acceptors (Lipinski definition) is 6. The fourth-order valence-corrected chi connectivity index (χ4v) is 2.68. The molecule has 0 radical (unpaired) electrons. The van der Waals surface area contributed by atoms with Crippen LogP contribution in [0.4, 0.5) is 5.95 Å². The number of rotatable bonds is 6. The molecule has 0 aliphatic heterocycles. The molecule has 1 aliphatic rings. The summed E-state index contributed by atoms with van der Waals surface area (Å²) in [6.45, 7) is 0.303. The Morgan fingerprint density at radius 2 is 2.27 bits per heavy atom. The van der Waals surface area contributed by atoms with Crippen LogP contribution in [0.1, 0.15) is 12.8 Å². The zero-order valence-corrected chi connectivity index (χ0v) is 12.4. The van der Waals surface area contributed by atoms with Gasteiger partial charge in [0.05, 0.1) is 19.0 Å². The molecule has 2 aromatic heterocycles. The first kappa shape index (κ1) is 15.2. The van der Waals surface area contributed by atoms with E-state index >= 15 is 0 Å². The van der Waals surface area contributed by atoms with E-state index in [9.17, 15) is 9.36 Å². The van der Waals surface area contributed by atoms with Crippen LogP contribution in [0, 0.1) is 5.92 Å². The fourth-order valence-electron chi connectivity index (χ4n) is 2.30. The number of nitrogens with zero attached hydrogens (tertiary/aromatic N) is 3. The van der Waals surface area contributed by atoms with E-state index in [-0.39, 0.29) is 23.5 Å². The zero-order valence-electron chi connectivity index (χ0n) is 11.5. The van der Waals surface area contributed by atoms with Crippen molar-refractivity contribution < 1.29 is 19.1 Å². The van der Waals surface area contributed by atoms with Crippen LogP contribution in [-0.4, -0.2) is 41.8 Å². The molecule has 0 saturated heterocycles. The number of nitrogens with one attached hydrogen (secondary N) is 1. The van der Waals surface area contributed by atoms with E-state index in [4.69, 9.17) is 20.3 Å². The number of ether oxygens (including phenoxy) is 1. The molecule has 10 nitrogen and oxygen atoms in total. The molecule has 3 rings (SSSR count). The summed E-state index contributed by atoms with van der Waals surface area (Å²) in [5, 5.41) is 0. The summed E-state index contributed by atoms with van der Waals surface area (Å²) in [4.78, 5) is 40.0. The van der Waals surface area contributed by atoms with E-state index in [1.165, 1.54) is 6.33 Å². The van der Waals surface area contributed by atoms with Gasteiger partial charge in [-0.1, -0.05) is 0 Å². The van der Waals surface area contributed by atoms with Gasteiger partial charge in [0.1, 0.15) is 6.35 Å². The third kappa shape index (κ3) is 3.36. The highest BCUT2D eigenvalue weighted by atomic mass is 31.2. The van der Waals surface area contributed by atoms with Crippen molar-refractivity contribution in [2.45, 2.75) is 25.5 Å². The number of aromatic nitrogens is 4. The number of anilines is 1. The van der Waals surface area contributed by atoms with Crippen molar-refractivity contribution >= 4 is 24.7 Å². The van der Waals surface area contributed by atoms with Crippen LogP contribution >= 0.6 is 7.60 Å². The maximum Gasteiger partial charge on any atom is 0.350 e. The van der Waals surface area contributed by atoms with Gasteiger partial charge in [-0.3, -0.25) is 14.3 Å². The van der Waals surface area contributed by atoms with Crippen LogP contribution in [-0.2, 0) is 15.8 Å². The van der Waals surface area contributed by atoms with Gasteiger partial charge in [-0.15, -0.1) is 0 Å². The number of nitrogen functional groups attached to an aromatic ring is 1. The molecule has 11 heteroatoms. The first-order valence-corrected chi connectivity index (χ1v) is 8.50. The Hall–Kier alpha value is -1.74. The lowest BCUT2D eigenvalue weighted by Crippen LogP contribution is -2.23. The standard InChI is InChI=1S/C11H16N5O5P/c12-11-14-9-8(10(17)15-11)13-4-16(9)3-7(6-1-2-6)21-5-22(18,19)20/h4,6-7H,1-3,5H2,(H2,18,19,20)(H3,12,14,15,17)/t7-/m1/s1. The molecule has 1 aliphatic carbocycles. The van der Waals surface area contributed by atoms with Crippen molar-refractivity contribution in [3.8, 4) is 0 Å². The quantitative estimate of drug-likeness (QED) is 0.523. The van der Waals surface area contributed by atoms with Crippen molar-refractivity contribution in [3.63, 3.8) is 0 Å². The molecule has 1 saturated carbocycles. The van der Waals surface area contributed by atoms with Crippen LogP contribution in [0.3, 0.4) is 0 Å². The maximum atomic E-state index is 11.7. The normalized spacial score (nSPS) is 17.0. The van der Waals surface area contributed by atoms with E-state index < -0.39 is 19.5 Å². The van der Waals surface area contributed by atoms with Gasteiger partial charge in [0.15, 0.2) is 11.2 Å². The average molecular weight is 329 g/mol. The van der Waals surface area contributed by atoms with E-state index in [1.807, 2.05) is 0 Å². The average Bonchev–Trinajstić information content (AvgIpc) is 3.16. The molecular weight excluding hydrogens is 313 g/mol. The van der Waals surface area contributed by atoms with Crippen LogP contribution in [0.25, 0.3) is 11.2 Å². The Bertz CT molecular complexity index is 792. The molecule has 0 unspecified atom stereocenters. The number of hydrogen-bond donors (Lipinski definition) is 4. The van der Waals surface area contributed by atoms with Crippen molar-refractivity contribution in [2.24, 2.45) is 5.92 Å². The number of H-pyrrole nitrogens is 1. The molecule has 0 aromatic carbocycles. The van der Waals surface area contributed by atoms with Crippen LogP contribution in [0.15, 0.2) is 11.1 Å². The van der Waals surface area contributed by atoms with Gasteiger partial charge in [0, 0.05) is 0 Å². The van der Waals surface area contributed by atoms with Gasteiger partial charge >= 0.3 is 7.60 Å². The summed E-state index contributed by atoms with van der Waals surface area (Å²) >= 11 is 0. The second-order valence-electron chi connectivity index (χ2n) is 5.36. The van der Waals surface area contributed by atoms with E-state index in [1.54, 1.807) is 4.57 Å². The van der Waals surface area contributed by atoms with Gasteiger partial charge in [-0.05, 0) is 18.8 Å². The maximum absolute atomic E-state index is 11.7. The Morgan fingerprint density at radius 1 is 1.55 bits per heavy atom. The largest absolute Gasteiger partial charge is 0.369 e. The zero-order chi connectivity index (χ0) is 15.9. The molecule has 22 heavy (non-hydrogen) atoms. The summed E-state index contributed by atoms with van der Waals surface area (Å²) in [5.74, 6) is 0.224. The lowest BCUT2D eigenvalue weighted by Gasteiger charge is -2.18. The predicted octanol–water partition coefficient (Wildman–Crippen LogP) is -0.368.